The maximum Gasteiger partial charge on any atom is 0.161 e. The van der Waals surface area contributed by atoms with E-state index in [-0.39, 0.29) is 11.5 Å². The number of hydrogen-bond acceptors (Lipinski definition) is 3. The number of benzene rings is 9. The van der Waals surface area contributed by atoms with Crippen LogP contribution in [0.25, 0.3) is 55.0 Å². The van der Waals surface area contributed by atoms with Crippen LogP contribution in [-0.2, 0) is 5.41 Å². The van der Waals surface area contributed by atoms with E-state index in [4.69, 9.17) is 4.42 Å². The van der Waals surface area contributed by atoms with E-state index in [1.807, 2.05) is 0 Å². The lowest BCUT2D eigenvalue weighted by Crippen LogP contribution is -2.35. The molecule has 1 aliphatic carbocycles. The van der Waals surface area contributed by atoms with Crippen molar-refractivity contribution in [2.75, 3.05) is 9.80 Å². The SMILES string of the molecule is CC1(C)c2ccccc2-c2cc(N(c3ccc4ccccc4c3)c3ccc(N4c5ccccc5C4c4cccc(-c5ccccc5)c4)c4c3oc3ccccc34)ccc21. The van der Waals surface area contributed by atoms with Crippen LogP contribution < -0.4 is 9.80 Å². The summed E-state index contributed by atoms with van der Waals surface area (Å²) in [6.07, 6.45) is 0. The standard InChI is InChI=1S/C56H40N2O/c1-56(2)47-24-11-8-21-43(47)46-35-42(29-30-48(46)56)57(41-28-27-37-17-6-7-18-39(37)34-41)51-32-31-50(53-45-23-10-13-26-52(45)59-55(51)53)58-49-25-12-9-22-44(49)54(58)40-20-14-19-38(33-40)36-15-4-3-5-16-36/h3-35,54H,1-2H3. The first-order valence-corrected chi connectivity index (χ1v) is 20.5. The number of furan rings is 1. The van der Waals surface area contributed by atoms with Crippen molar-refractivity contribution in [3.63, 3.8) is 0 Å². The van der Waals surface area contributed by atoms with Crippen molar-refractivity contribution in [2.45, 2.75) is 25.3 Å². The summed E-state index contributed by atoms with van der Waals surface area (Å²) in [5.41, 5.74) is 17.5. The Bertz CT molecular complexity index is 3280. The molecule has 1 aromatic heterocycles. The van der Waals surface area contributed by atoms with E-state index in [1.54, 1.807) is 0 Å². The third-order valence-corrected chi connectivity index (χ3v) is 12.9. The summed E-state index contributed by atoms with van der Waals surface area (Å²) in [6.45, 7) is 4.68. The molecule has 3 nitrogen and oxygen atoms in total. The Labute approximate surface area is 344 Å². The van der Waals surface area contributed by atoms with Crippen LogP contribution in [0.1, 0.15) is 42.1 Å². The highest BCUT2D eigenvalue weighted by Crippen LogP contribution is 2.57. The zero-order valence-corrected chi connectivity index (χ0v) is 32.9. The van der Waals surface area contributed by atoms with Crippen LogP contribution in [0, 0.1) is 0 Å². The highest BCUT2D eigenvalue weighted by atomic mass is 16.3. The molecule has 59 heavy (non-hydrogen) atoms. The summed E-state index contributed by atoms with van der Waals surface area (Å²) >= 11 is 0. The highest BCUT2D eigenvalue weighted by Gasteiger charge is 2.39. The molecule has 1 aliphatic heterocycles. The Morgan fingerprint density at radius 3 is 2.14 bits per heavy atom. The van der Waals surface area contributed by atoms with Gasteiger partial charge in [0, 0.05) is 33.4 Å². The van der Waals surface area contributed by atoms with Crippen molar-refractivity contribution in [1.29, 1.82) is 0 Å². The number of nitrogens with zero attached hydrogens (tertiary/aromatic N) is 2. The van der Waals surface area contributed by atoms with Gasteiger partial charge in [0.1, 0.15) is 5.58 Å². The second-order valence-electron chi connectivity index (χ2n) is 16.5. The fourth-order valence-corrected chi connectivity index (χ4v) is 10.0. The predicted octanol–water partition coefficient (Wildman–Crippen LogP) is 15.4. The van der Waals surface area contributed by atoms with Gasteiger partial charge in [-0.05, 0) is 104 Å². The van der Waals surface area contributed by atoms with Crippen molar-refractivity contribution in [3.05, 3.63) is 222 Å². The lowest BCUT2D eigenvalue weighted by atomic mass is 9.82. The van der Waals surface area contributed by atoms with E-state index >= 15 is 0 Å². The fourth-order valence-electron chi connectivity index (χ4n) is 10.0. The number of para-hydroxylation sites is 2. The van der Waals surface area contributed by atoms with E-state index < -0.39 is 0 Å². The molecular weight excluding hydrogens is 717 g/mol. The van der Waals surface area contributed by atoms with Crippen molar-refractivity contribution in [3.8, 4) is 22.3 Å². The second kappa shape index (κ2) is 12.8. The summed E-state index contributed by atoms with van der Waals surface area (Å²) in [7, 11) is 0. The van der Waals surface area contributed by atoms with Gasteiger partial charge < -0.3 is 14.2 Å². The minimum Gasteiger partial charge on any atom is -0.454 e. The molecule has 0 saturated carbocycles. The molecule has 0 bridgehead atoms. The third-order valence-electron chi connectivity index (χ3n) is 12.9. The zero-order chi connectivity index (χ0) is 39.2. The molecule has 2 aliphatic rings. The summed E-state index contributed by atoms with van der Waals surface area (Å²) in [5, 5.41) is 4.61. The van der Waals surface area contributed by atoms with Crippen LogP contribution in [-0.4, -0.2) is 0 Å². The van der Waals surface area contributed by atoms with Crippen molar-refractivity contribution >= 4 is 61.1 Å². The third kappa shape index (κ3) is 5.08. The molecule has 0 amide bonds. The summed E-state index contributed by atoms with van der Waals surface area (Å²) < 4.78 is 7.07. The Hall–Kier alpha value is -7.36. The van der Waals surface area contributed by atoms with Gasteiger partial charge in [-0.2, -0.15) is 0 Å². The zero-order valence-electron chi connectivity index (χ0n) is 32.9. The maximum absolute atomic E-state index is 7.07. The second-order valence-corrected chi connectivity index (χ2v) is 16.5. The lowest BCUT2D eigenvalue weighted by molar-refractivity contribution is 0.660. The fraction of sp³-hybridized carbons (Fsp3) is 0.0714. The van der Waals surface area contributed by atoms with E-state index in [0.717, 1.165) is 44.7 Å². The summed E-state index contributed by atoms with van der Waals surface area (Å²) in [4.78, 5) is 4.92. The number of rotatable bonds is 6. The van der Waals surface area contributed by atoms with Crippen LogP contribution in [0.2, 0.25) is 0 Å². The van der Waals surface area contributed by atoms with Crippen molar-refractivity contribution in [1.82, 2.24) is 0 Å². The van der Waals surface area contributed by atoms with Gasteiger partial charge >= 0.3 is 0 Å². The van der Waals surface area contributed by atoms with Gasteiger partial charge in [0.2, 0.25) is 0 Å². The van der Waals surface area contributed by atoms with Gasteiger partial charge in [0.25, 0.3) is 0 Å². The Balaban J connectivity index is 1.09. The largest absolute Gasteiger partial charge is 0.454 e. The maximum atomic E-state index is 7.07. The number of hydrogen-bond donors (Lipinski definition) is 0. The van der Waals surface area contributed by atoms with E-state index in [0.29, 0.717) is 0 Å². The minimum atomic E-state index is -0.0868. The summed E-state index contributed by atoms with van der Waals surface area (Å²) in [6, 6.07) is 73.0. The molecule has 0 fully saturated rings. The molecule has 1 atom stereocenters. The van der Waals surface area contributed by atoms with E-state index in [9.17, 15) is 0 Å². The molecular formula is C56H40N2O. The van der Waals surface area contributed by atoms with Crippen molar-refractivity contribution < 1.29 is 4.42 Å². The van der Waals surface area contributed by atoms with Crippen LogP contribution in [0.3, 0.4) is 0 Å². The van der Waals surface area contributed by atoms with E-state index in [1.165, 1.54) is 61.0 Å². The highest BCUT2D eigenvalue weighted by molar-refractivity contribution is 6.17. The normalized spacial score (nSPS) is 14.9. The molecule has 12 rings (SSSR count). The Morgan fingerprint density at radius 2 is 1.22 bits per heavy atom. The molecule has 9 aromatic carbocycles. The average Bonchev–Trinajstić information content (AvgIpc) is 3.78. The number of fused-ring (bicyclic) bond motifs is 8. The van der Waals surface area contributed by atoms with Gasteiger partial charge in [-0.25, -0.2) is 0 Å². The average molecular weight is 757 g/mol. The Morgan fingerprint density at radius 1 is 0.508 bits per heavy atom. The first-order chi connectivity index (χ1) is 29.0. The summed E-state index contributed by atoms with van der Waals surface area (Å²) in [5.74, 6) is 0. The first kappa shape index (κ1) is 33.7. The van der Waals surface area contributed by atoms with Gasteiger partial charge in [-0.15, -0.1) is 0 Å². The van der Waals surface area contributed by atoms with E-state index in [2.05, 4.69) is 224 Å². The predicted molar refractivity (Wildman–Crippen MR) is 246 cm³/mol. The van der Waals surface area contributed by atoms with Crippen LogP contribution >= 0.6 is 0 Å². The Kier molecular flexibility index (Phi) is 7.34. The van der Waals surface area contributed by atoms with Gasteiger partial charge in [-0.3, -0.25) is 0 Å². The van der Waals surface area contributed by atoms with Crippen molar-refractivity contribution in [2.24, 2.45) is 0 Å². The van der Waals surface area contributed by atoms with Crippen LogP contribution in [0.4, 0.5) is 28.4 Å². The number of anilines is 5. The molecule has 10 aromatic rings. The molecule has 3 heteroatoms. The molecule has 0 spiro atoms. The minimum absolute atomic E-state index is 0.0364. The van der Waals surface area contributed by atoms with Gasteiger partial charge in [0.15, 0.2) is 5.58 Å². The molecule has 0 saturated heterocycles. The molecule has 1 unspecified atom stereocenters. The quantitative estimate of drug-likeness (QED) is 0.168. The smallest absolute Gasteiger partial charge is 0.161 e. The molecule has 280 valence electrons. The van der Waals surface area contributed by atoms with Gasteiger partial charge in [0.05, 0.1) is 22.8 Å². The van der Waals surface area contributed by atoms with Crippen LogP contribution in [0.15, 0.2) is 205 Å². The lowest BCUT2D eigenvalue weighted by Gasteiger charge is -2.45. The monoisotopic (exact) mass is 756 g/mol. The first-order valence-electron chi connectivity index (χ1n) is 20.5. The molecule has 0 N–H and O–H groups in total. The molecule has 0 radical (unpaired) electrons. The topological polar surface area (TPSA) is 19.6 Å². The van der Waals surface area contributed by atoms with Crippen LogP contribution in [0.5, 0.6) is 0 Å². The molecule has 2 heterocycles. The van der Waals surface area contributed by atoms with Gasteiger partial charge in [-0.1, -0.05) is 159 Å².